The number of likely N-dealkylation sites (N-methyl/N-ethyl adjacent to an activating group) is 7. The van der Waals surface area contributed by atoms with Gasteiger partial charge < -0.3 is 65.6 Å². The Bertz CT molecular complexity index is 2500. The summed E-state index contributed by atoms with van der Waals surface area (Å²) in [6.45, 7) is 34.0. The second-order valence-corrected chi connectivity index (χ2v) is 27.6. The Labute approximate surface area is 551 Å². The number of ether oxygens (including phenoxy) is 1. The van der Waals surface area contributed by atoms with Crippen molar-refractivity contribution in [1.82, 2.24) is 65.8 Å². The van der Waals surface area contributed by atoms with E-state index in [2.05, 4.69) is 31.5 Å². The molecule has 2 aliphatic rings. The van der Waals surface area contributed by atoms with Crippen molar-refractivity contribution in [2.75, 3.05) is 88.6 Å². The molecule has 0 spiro atoms. The highest BCUT2D eigenvalue weighted by molar-refractivity contribution is 5.98. The molecule has 11 amide bonds. The lowest BCUT2D eigenvalue weighted by Gasteiger charge is -2.39. The van der Waals surface area contributed by atoms with E-state index in [9.17, 15) is 43.2 Å². The predicted molar refractivity (Wildman–Crippen MR) is 357 cm³/mol. The number of carbonyl (C=O) groups is 11. The first-order chi connectivity index (χ1) is 42.8. The van der Waals surface area contributed by atoms with Crippen LogP contribution in [0, 0.1) is 35.5 Å². The predicted octanol–water partition coefficient (Wildman–Crippen LogP) is 2.95. The highest BCUT2D eigenvalue weighted by Gasteiger charge is 2.50. The number of piperazine rings is 1. The molecule has 0 bridgehead atoms. The van der Waals surface area contributed by atoms with Crippen molar-refractivity contribution in [3.8, 4) is 0 Å². The van der Waals surface area contributed by atoms with Crippen LogP contribution >= 0.6 is 0 Å². The average molecular weight is 1300 g/mol. The van der Waals surface area contributed by atoms with Crippen LogP contribution in [0.2, 0.25) is 0 Å². The zero-order valence-corrected chi connectivity index (χ0v) is 60.5. The third-order valence-electron chi connectivity index (χ3n) is 18.3. The molecular formula is C67H121N13O12. The normalized spacial score (nSPS) is 20.6. The summed E-state index contributed by atoms with van der Waals surface area (Å²) in [6.07, 6.45) is 3.96. The van der Waals surface area contributed by atoms with E-state index in [0.29, 0.717) is 52.0 Å². The lowest BCUT2D eigenvalue weighted by molar-refractivity contribution is -0.155. The second kappa shape index (κ2) is 38.2. The number of nitrogens with one attached hydrogen (secondary N) is 5. The number of carbonyl (C=O) groups excluding carboxylic acids is 11. The van der Waals surface area contributed by atoms with Crippen LogP contribution in [0.5, 0.6) is 0 Å². The van der Waals surface area contributed by atoms with E-state index in [0.717, 1.165) is 0 Å². The Hall–Kier alpha value is -6.21. The Balaban J connectivity index is 2.38. The molecule has 2 fully saturated rings. The number of amides is 11. The molecule has 0 aromatic carbocycles. The molecule has 92 heavy (non-hydrogen) atoms. The van der Waals surface area contributed by atoms with Crippen molar-refractivity contribution in [3.63, 3.8) is 0 Å². The maximum atomic E-state index is 15.1. The van der Waals surface area contributed by atoms with Crippen LogP contribution in [-0.4, -0.2) is 265 Å². The first-order valence-electron chi connectivity index (χ1n) is 33.5. The summed E-state index contributed by atoms with van der Waals surface area (Å²) in [4.78, 5) is 167. The van der Waals surface area contributed by atoms with Crippen LogP contribution in [0.3, 0.4) is 0 Å². The van der Waals surface area contributed by atoms with Gasteiger partial charge in [-0.05, 0) is 95.3 Å². The Kier molecular flexibility index (Phi) is 34.0. The molecular weight excluding hydrogens is 1180 g/mol. The quantitative estimate of drug-likeness (QED) is 0.0580. The molecule has 2 heterocycles. The van der Waals surface area contributed by atoms with E-state index in [4.69, 9.17) is 4.74 Å². The average Bonchev–Trinajstić information content (AvgIpc) is 1.63. The summed E-state index contributed by atoms with van der Waals surface area (Å²) in [5.41, 5.74) is 0. The van der Waals surface area contributed by atoms with Gasteiger partial charge in [-0.3, -0.25) is 57.6 Å². The minimum atomic E-state index is -1.24. The molecule has 2 saturated heterocycles. The number of nitrogens with zero attached hydrogens (tertiary/aromatic N) is 8. The second-order valence-electron chi connectivity index (χ2n) is 27.6. The van der Waals surface area contributed by atoms with E-state index in [1.807, 2.05) is 88.3 Å². The lowest BCUT2D eigenvalue weighted by Crippen LogP contribution is -2.61. The lowest BCUT2D eigenvalue weighted by atomic mass is 9.92. The third-order valence-corrected chi connectivity index (χ3v) is 18.3. The van der Waals surface area contributed by atoms with Crippen molar-refractivity contribution in [3.05, 3.63) is 12.2 Å². The molecule has 0 aromatic rings. The maximum absolute atomic E-state index is 15.1. The standard InChI is InChI=1S/C67H121N13O12/c1-25-28-29-43(12)58-57(62(86)71-50(26-2)60(84)68-18)78(24)67(91)56(47(16)92-58)77(23)65(89)52(36-41(8)9)75(21)64(88)51(35-40(6)7)74(20)63(87)46(15)70-59(83)45(14)69-37-49(34-39(4)5)73(19)66(90)54(42(10)11)72-61(85)55(76(22)53(82)27-3)44(13)38-79-30-32-80(33-31-79)48(17)81/h25,28,39-47,49-52,54-58,69H,26-27,29-38H2,1-24H3,(H,68,84)(H,70,83)(H,71,86)(H,72,85). The third kappa shape index (κ3) is 22.8. The van der Waals surface area contributed by atoms with Gasteiger partial charge in [-0.15, -0.1) is 0 Å². The van der Waals surface area contributed by atoms with Gasteiger partial charge >= 0.3 is 0 Å². The van der Waals surface area contributed by atoms with Gasteiger partial charge in [-0.1, -0.05) is 95.2 Å². The summed E-state index contributed by atoms with van der Waals surface area (Å²) in [5.74, 6) is -5.76. The van der Waals surface area contributed by atoms with Gasteiger partial charge in [0, 0.05) is 108 Å². The molecule has 2 rings (SSSR count). The molecule has 5 N–H and O–H groups in total. The van der Waals surface area contributed by atoms with Crippen molar-refractivity contribution >= 4 is 65.0 Å². The van der Waals surface area contributed by atoms with Gasteiger partial charge in [0.2, 0.25) is 65.0 Å². The molecule has 14 unspecified atom stereocenters. The van der Waals surface area contributed by atoms with E-state index in [-0.39, 0.29) is 79.0 Å². The maximum Gasteiger partial charge on any atom is 0.248 e. The Morgan fingerprint density at radius 2 is 1.21 bits per heavy atom. The van der Waals surface area contributed by atoms with Gasteiger partial charge in [-0.25, -0.2) is 0 Å². The van der Waals surface area contributed by atoms with Gasteiger partial charge in [0.1, 0.15) is 48.3 Å². The fourth-order valence-electron chi connectivity index (χ4n) is 12.5. The number of allylic oxidation sites excluding steroid dienone is 2. The number of hydrogen-bond donors (Lipinski definition) is 5. The molecule has 0 aromatic heterocycles. The van der Waals surface area contributed by atoms with E-state index in [1.165, 1.54) is 66.7 Å². The zero-order chi connectivity index (χ0) is 70.5. The van der Waals surface area contributed by atoms with Crippen LogP contribution in [-0.2, 0) is 57.5 Å². The first kappa shape index (κ1) is 81.9. The Morgan fingerprint density at radius 3 is 1.70 bits per heavy atom. The van der Waals surface area contributed by atoms with Crippen molar-refractivity contribution in [2.24, 2.45) is 35.5 Å². The van der Waals surface area contributed by atoms with Gasteiger partial charge in [-0.2, -0.15) is 0 Å². The molecule has 526 valence electrons. The topological polar surface area (TPSA) is 283 Å². The molecule has 14 atom stereocenters. The van der Waals surface area contributed by atoms with E-state index in [1.54, 1.807) is 58.5 Å². The zero-order valence-electron chi connectivity index (χ0n) is 60.5. The minimum absolute atomic E-state index is 0.0102. The van der Waals surface area contributed by atoms with Crippen molar-refractivity contribution in [1.29, 1.82) is 0 Å². The van der Waals surface area contributed by atoms with E-state index < -0.39 is 120 Å². The largest absolute Gasteiger partial charge is 0.370 e. The van der Waals surface area contributed by atoms with Crippen LogP contribution in [0.25, 0.3) is 0 Å². The van der Waals surface area contributed by atoms with E-state index >= 15 is 9.59 Å². The van der Waals surface area contributed by atoms with Crippen molar-refractivity contribution in [2.45, 2.75) is 229 Å². The van der Waals surface area contributed by atoms with Crippen LogP contribution < -0.4 is 26.6 Å². The summed E-state index contributed by atoms with van der Waals surface area (Å²) >= 11 is 0. The smallest absolute Gasteiger partial charge is 0.248 e. The fraction of sp³-hybridized carbons (Fsp3) is 0.806. The van der Waals surface area contributed by atoms with Gasteiger partial charge in [0.15, 0.2) is 0 Å². The molecule has 0 radical (unpaired) electrons. The number of rotatable bonds is 34. The molecule has 25 nitrogen and oxygen atoms in total. The highest BCUT2D eigenvalue weighted by Crippen LogP contribution is 2.30. The monoisotopic (exact) mass is 1300 g/mol. The number of hydrogen-bond acceptors (Lipinski definition) is 14. The van der Waals surface area contributed by atoms with Crippen molar-refractivity contribution < 1.29 is 57.5 Å². The summed E-state index contributed by atoms with van der Waals surface area (Å²) in [6, 6.07) is -9.74. The van der Waals surface area contributed by atoms with Crippen LogP contribution in [0.4, 0.5) is 0 Å². The van der Waals surface area contributed by atoms with Gasteiger partial charge in [0.25, 0.3) is 0 Å². The first-order valence-corrected chi connectivity index (χ1v) is 33.5. The molecule has 2 aliphatic heterocycles. The fourth-order valence-corrected chi connectivity index (χ4v) is 12.5. The highest BCUT2D eigenvalue weighted by atomic mass is 16.5. The Morgan fingerprint density at radius 1 is 0.663 bits per heavy atom. The van der Waals surface area contributed by atoms with Crippen LogP contribution in [0.1, 0.15) is 156 Å². The minimum Gasteiger partial charge on any atom is -0.370 e. The molecule has 0 aliphatic carbocycles. The molecule has 25 heteroatoms. The summed E-state index contributed by atoms with van der Waals surface area (Å²) in [7, 11) is 10.7. The SMILES string of the molecule is CC=CCC(C)C1OC(C)C(N(C)C(=O)C(CC(C)C)N(C)C(=O)C(CC(C)C)N(C)C(=O)C(C)NC(=O)C(C)NCC(CC(C)C)N(C)C(=O)C(NC(=O)C(C(C)CN2CCN(C(C)=O)CC2)N(C)C(=O)CC)C(C)C)C(=O)N(C)C1C(=O)NC(CC)C(=O)NC. The summed E-state index contributed by atoms with van der Waals surface area (Å²) in [5, 5.41) is 14.5. The van der Waals surface area contributed by atoms with Gasteiger partial charge in [0.05, 0.1) is 18.2 Å². The summed E-state index contributed by atoms with van der Waals surface area (Å²) < 4.78 is 6.68. The molecule has 0 saturated carbocycles. The van der Waals surface area contributed by atoms with Crippen LogP contribution in [0.15, 0.2) is 12.2 Å².